The van der Waals surface area contributed by atoms with Gasteiger partial charge in [0.1, 0.15) is 11.2 Å². The minimum atomic E-state index is 0.791. The number of nitrogens with zero attached hydrogens (tertiary/aromatic N) is 1. The fraction of sp³-hybridized carbons (Fsp3) is 0. The van der Waals surface area contributed by atoms with Crippen molar-refractivity contribution in [2.24, 2.45) is 0 Å². The second kappa shape index (κ2) is 10.7. The summed E-state index contributed by atoms with van der Waals surface area (Å²) in [6, 6.07) is 63.3. The highest BCUT2D eigenvalue weighted by molar-refractivity contribution is 6.23. The number of benzene rings is 9. The molecule has 246 valence electrons. The van der Waals surface area contributed by atoms with Gasteiger partial charge in [-0.1, -0.05) is 121 Å². The van der Waals surface area contributed by atoms with Crippen LogP contribution in [0.15, 0.2) is 185 Å². The topological polar surface area (TPSA) is 31.2 Å². The molecule has 9 aromatic carbocycles. The number of rotatable bonds is 3. The van der Waals surface area contributed by atoms with E-state index in [1.165, 1.54) is 60.0 Å². The Labute approximate surface area is 303 Å². The van der Waals surface area contributed by atoms with Gasteiger partial charge in [-0.3, -0.25) is 0 Å². The number of para-hydroxylation sites is 3. The minimum Gasteiger partial charge on any atom is -0.452 e. The van der Waals surface area contributed by atoms with Crippen LogP contribution in [0.2, 0.25) is 0 Å². The van der Waals surface area contributed by atoms with E-state index < -0.39 is 0 Å². The molecule has 0 saturated carbocycles. The maximum absolute atomic E-state index is 6.54. The summed E-state index contributed by atoms with van der Waals surface area (Å²) in [5.74, 6) is 0. The third-order valence-electron chi connectivity index (χ3n) is 11.2. The normalized spacial score (nSPS) is 12.2. The van der Waals surface area contributed by atoms with Crippen LogP contribution in [0.4, 0.5) is 0 Å². The monoisotopic (exact) mass is 675 g/mol. The highest BCUT2D eigenvalue weighted by Gasteiger charge is 2.20. The van der Waals surface area contributed by atoms with E-state index in [4.69, 9.17) is 8.83 Å². The van der Waals surface area contributed by atoms with E-state index in [9.17, 15) is 0 Å². The van der Waals surface area contributed by atoms with E-state index in [-0.39, 0.29) is 0 Å². The molecule has 3 nitrogen and oxygen atoms in total. The van der Waals surface area contributed by atoms with Gasteiger partial charge >= 0.3 is 0 Å². The summed E-state index contributed by atoms with van der Waals surface area (Å²) in [7, 11) is 0. The molecule has 0 atom stereocenters. The van der Waals surface area contributed by atoms with Crippen molar-refractivity contribution >= 4 is 87.2 Å². The Morgan fingerprint density at radius 1 is 0.302 bits per heavy atom. The first kappa shape index (κ1) is 28.6. The van der Waals surface area contributed by atoms with Crippen molar-refractivity contribution < 1.29 is 8.83 Å². The lowest BCUT2D eigenvalue weighted by atomic mass is 9.85. The van der Waals surface area contributed by atoms with Gasteiger partial charge in [0.25, 0.3) is 0 Å². The summed E-state index contributed by atoms with van der Waals surface area (Å²) in [6.45, 7) is 0. The van der Waals surface area contributed by atoms with Gasteiger partial charge in [-0.2, -0.15) is 0 Å². The quantitative estimate of drug-likeness (QED) is 0.175. The van der Waals surface area contributed by atoms with Crippen molar-refractivity contribution in [1.29, 1.82) is 0 Å². The largest absolute Gasteiger partial charge is 0.452 e. The Balaban J connectivity index is 1.10. The first-order chi connectivity index (χ1) is 26.3. The van der Waals surface area contributed by atoms with Crippen molar-refractivity contribution in [2.75, 3.05) is 0 Å². The summed E-state index contributed by atoms with van der Waals surface area (Å²) in [4.78, 5) is 0. The molecule has 0 unspecified atom stereocenters. The Morgan fingerprint density at radius 3 is 1.38 bits per heavy atom. The molecule has 12 aromatic rings. The molecule has 0 N–H and O–H groups in total. The van der Waals surface area contributed by atoms with Gasteiger partial charge in [0, 0.05) is 38.0 Å². The molecule has 0 saturated heterocycles. The molecule has 0 radical (unpaired) electrons. The Hall–Kier alpha value is -7.10. The fourth-order valence-electron chi connectivity index (χ4n) is 8.92. The second-order valence-electron chi connectivity index (χ2n) is 14.0. The summed E-state index contributed by atoms with van der Waals surface area (Å²) < 4.78 is 15.3. The maximum atomic E-state index is 6.54. The van der Waals surface area contributed by atoms with Crippen molar-refractivity contribution in [3.63, 3.8) is 0 Å². The number of aromatic nitrogens is 1. The zero-order valence-corrected chi connectivity index (χ0v) is 28.5. The second-order valence-corrected chi connectivity index (χ2v) is 14.0. The van der Waals surface area contributed by atoms with Gasteiger partial charge in [-0.25, -0.2) is 0 Å². The summed E-state index contributed by atoms with van der Waals surface area (Å²) >= 11 is 0. The fourth-order valence-corrected chi connectivity index (χ4v) is 8.92. The molecule has 0 spiro atoms. The van der Waals surface area contributed by atoms with E-state index in [2.05, 4.69) is 168 Å². The van der Waals surface area contributed by atoms with E-state index >= 15 is 0 Å². The average molecular weight is 676 g/mol. The summed E-state index contributed by atoms with van der Waals surface area (Å²) in [5, 5.41) is 11.7. The van der Waals surface area contributed by atoms with Crippen LogP contribution in [0.25, 0.3) is 115 Å². The molecule has 0 amide bonds. The molecule has 0 aliphatic heterocycles. The van der Waals surface area contributed by atoms with Crippen LogP contribution in [0.3, 0.4) is 0 Å². The molecule has 12 rings (SSSR count). The molecular weight excluding hydrogens is 647 g/mol. The maximum Gasteiger partial charge on any atom is 0.178 e. The number of furan rings is 2. The number of hydrogen-bond acceptors (Lipinski definition) is 2. The van der Waals surface area contributed by atoms with Gasteiger partial charge in [0.2, 0.25) is 0 Å². The standard InChI is InChI=1S/C50H29NO2/c1-3-19-38-36(17-1)47(30-12-11-13-32(28-30)51-43-21-8-5-14-33(43)34-15-6-9-22-44(34)51)37-18-2-4-20-39(37)48(38)31-24-27-46-42(29-31)41-26-25-40-35-16-7-10-23-45(35)52-49(40)50(41)53-46/h1-29H. The summed E-state index contributed by atoms with van der Waals surface area (Å²) in [5.41, 5.74) is 11.7. The van der Waals surface area contributed by atoms with Crippen molar-refractivity contribution in [3.8, 4) is 27.9 Å². The lowest BCUT2D eigenvalue weighted by Gasteiger charge is -2.18. The highest BCUT2D eigenvalue weighted by Crippen LogP contribution is 2.46. The van der Waals surface area contributed by atoms with Gasteiger partial charge in [-0.05, 0) is 98.4 Å². The van der Waals surface area contributed by atoms with Gasteiger partial charge in [0.15, 0.2) is 11.2 Å². The first-order valence-corrected chi connectivity index (χ1v) is 18.1. The van der Waals surface area contributed by atoms with Gasteiger partial charge < -0.3 is 13.4 Å². The van der Waals surface area contributed by atoms with Crippen molar-refractivity contribution in [3.05, 3.63) is 176 Å². The van der Waals surface area contributed by atoms with Crippen LogP contribution in [0, 0.1) is 0 Å². The van der Waals surface area contributed by atoms with E-state index in [1.54, 1.807) is 0 Å². The third-order valence-corrected chi connectivity index (χ3v) is 11.2. The van der Waals surface area contributed by atoms with Crippen LogP contribution in [-0.2, 0) is 0 Å². The Bertz CT molecular complexity index is 3360. The molecule has 3 heteroatoms. The SMILES string of the molecule is c1cc(-c2c3ccccc3c(-c3ccc4oc5c(ccc6c7ccccc7oc65)c4c3)c3ccccc23)cc(-n2c3ccccc3c3ccccc32)c1. The van der Waals surface area contributed by atoms with Crippen LogP contribution >= 0.6 is 0 Å². The van der Waals surface area contributed by atoms with Gasteiger partial charge in [0.05, 0.1) is 11.0 Å². The van der Waals surface area contributed by atoms with Crippen LogP contribution < -0.4 is 0 Å². The highest BCUT2D eigenvalue weighted by atomic mass is 16.4. The predicted octanol–water partition coefficient (Wildman–Crippen LogP) is 14.2. The van der Waals surface area contributed by atoms with Crippen molar-refractivity contribution in [2.45, 2.75) is 0 Å². The molecular formula is C50H29NO2. The predicted molar refractivity (Wildman–Crippen MR) is 221 cm³/mol. The smallest absolute Gasteiger partial charge is 0.178 e. The van der Waals surface area contributed by atoms with Gasteiger partial charge in [-0.15, -0.1) is 0 Å². The Kier molecular flexibility index (Phi) is 5.77. The zero-order valence-electron chi connectivity index (χ0n) is 28.5. The van der Waals surface area contributed by atoms with Crippen LogP contribution in [-0.4, -0.2) is 4.57 Å². The molecule has 0 fully saturated rings. The minimum absolute atomic E-state index is 0.791. The molecule has 0 aliphatic carbocycles. The average Bonchev–Trinajstić information content (AvgIpc) is 3.89. The number of hydrogen-bond donors (Lipinski definition) is 0. The molecule has 0 bridgehead atoms. The molecule has 3 aromatic heterocycles. The summed E-state index contributed by atoms with van der Waals surface area (Å²) in [6.07, 6.45) is 0. The molecule has 0 aliphatic rings. The Morgan fingerprint density at radius 2 is 0.774 bits per heavy atom. The van der Waals surface area contributed by atoms with Crippen molar-refractivity contribution in [1.82, 2.24) is 4.57 Å². The van der Waals surface area contributed by atoms with Crippen LogP contribution in [0.5, 0.6) is 0 Å². The number of fused-ring (bicyclic) bond motifs is 12. The zero-order chi connectivity index (χ0) is 34.6. The first-order valence-electron chi connectivity index (χ1n) is 18.1. The lowest BCUT2D eigenvalue weighted by molar-refractivity contribution is 0.633. The van der Waals surface area contributed by atoms with E-state index in [1.807, 2.05) is 12.1 Å². The molecule has 3 heterocycles. The van der Waals surface area contributed by atoms with Crippen LogP contribution in [0.1, 0.15) is 0 Å². The van der Waals surface area contributed by atoms with E-state index in [0.717, 1.165) is 55.1 Å². The lowest BCUT2D eigenvalue weighted by Crippen LogP contribution is -1.95. The van der Waals surface area contributed by atoms with E-state index in [0.29, 0.717) is 0 Å². The third kappa shape index (κ3) is 3.99. The molecule has 53 heavy (non-hydrogen) atoms.